The molecule has 29 heavy (non-hydrogen) atoms. The number of hydrogen-bond donors (Lipinski definition) is 2. The molecule has 3 heterocycles. The molecule has 0 radical (unpaired) electrons. The number of aromatic nitrogens is 3. The predicted octanol–water partition coefficient (Wildman–Crippen LogP) is 3.58. The van der Waals surface area contributed by atoms with E-state index in [1.807, 2.05) is 0 Å². The van der Waals surface area contributed by atoms with Crippen molar-refractivity contribution in [3.63, 3.8) is 0 Å². The van der Waals surface area contributed by atoms with Crippen molar-refractivity contribution in [2.24, 2.45) is 0 Å². The fourth-order valence-electron chi connectivity index (χ4n) is 3.31. The second-order valence-electron chi connectivity index (χ2n) is 6.95. The van der Waals surface area contributed by atoms with Gasteiger partial charge in [0, 0.05) is 30.3 Å². The Morgan fingerprint density at radius 1 is 1.17 bits per heavy atom. The highest BCUT2D eigenvalue weighted by Crippen LogP contribution is 2.19. The second kappa shape index (κ2) is 9.25. The third kappa shape index (κ3) is 5.69. The van der Waals surface area contributed by atoms with Gasteiger partial charge in [-0.1, -0.05) is 6.07 Å². The molecule has 4 rings (SSSR count). The van der Waals surface area contributed by atoms with Crippen molar-refractivity contribution < 1.29 is 9.13 Å². The quantitative estimate of drug-likeness (QED) is 0.582. The molecule has 0 spiro atoms. The maximum absolute atomic E-state index is 13.1. The van der Waals surface area contributed by atoms with E-state index in [1.54, 1.807) is 23.5 Å². The summed E-state index contributed by atoms with van der Waals surface area (Å²) in [6.45, 7) is 2.96. The smallest absolute Gasteiger partial charge is 0.232 e. The van der Waals surface area contributed by atoms with E-state index in [0.717, 1.165) is 32.5 Å². The van der Waals surface area contributed by atoms with Gasteiger partial charge in [-0.15, -0.1) is 11.3 Å². The van der Waals surface area contributed by atoms with Crippen LogP contribution in [0.15, 0.2) is 41.8 Å². The van der Waals surface area contributed by atoms with Crippen molar-refractivity contribution in [1.29, 1.82) is 0 Å². The topological polar surface area (TPSA) is 89.2 Å². The minimum Gasteiger partial charge on any atom is -0.377 e. The summed E-state index contributed by atoms with van der Waals surface area (Å²) in [5.74, 6) is 0.765. The number of anilines is 3. The Balaban J connectivity index is 1.49. The van der Waals surface area contributed by atoms with Gasteiger partial charge in [-0.05, 0) is 48.6 Å². The fraction of sp³-hybridized carbons (Fsp3) is 0.350. The molecule has 2 aromatic heterocycles. The Hall–Kier alpha value is -2.62. The first-order valence-electron chi connectivity index (χ1n) is 9.53. The SMILES string of the molecule is Nc1nc(CN(Cc2cccs2)CC2CCCO2)nc(Nc2ccc(F)cc2)n1. The van der Waals surface area contributed by atoms with Gasteiger partial charge in [-0.2, -0.15) is 15.0 Å². The van der Waals surface area contributed by atoms with Crippen LogP contribution in [0.5, 0.6) is 0 Å². The Bertz CT molecular complexity index is 915. The highest BCUT2D eigenvalue weighted by atomic mass is 32.1. The van der Waals surface area contributed by atoms with E-state index >= 15 is 0 Å². The number of rotatable bonds is 8. The Labute approximate surface area is 172 Å². The van der Waals surface area contributed by atoms with Crippen molar-refractivity contribution in [3.8, 4) is 0 Å². The van der Waals surface area contributed by atoms with Crippen LogP contribution in [0.2, 0.25) is 0 Å². The molecule has 1 saturated heterocycles. The standard InChI is InChI=1S/C20H23FN6OS/c21-14-5-7-15(8-6-14)23-20-25-18(24-19(22)26-20)13-27(11-16-3-1-9-28-16)12-17-4-2-10-29-17/h2,4-8,10,16H,1,3,9,11-13H2,(H3,22,23,24,25,26). The number of nitrogens with zero attached hydrogens (tertiary/aromatic N) is 4. The van der Waals surface area contributed by atoms with Crippen LogP contribution in [0.4, 0.5) is 22.0 Å². The predicted molar refractivity (Wildman–Crippen MR) is 111 cm³/mol. The van der Waals surface area contributed by atoms with Gasteiger partial charge in [0.15, 0.2) is 0 Å². The molecule has 0 aliphatic carbocycles. The van der Waals surface area contributed by atoms with E-state index < -0.39 is 0 Å². The minimum absolute atomic E-state index is 0.146. The molecule has 9 heteroatoms. The van der Waals surface area contributed by atoms with Gasteiger partial charge in [0.1, 0.15) is 11.6 Å². The first kappa shape index (κ1) is 19.7. The Morgan fingerprint density at radius 3 is 2.76 bits per heavy atom. The van der Waals surface area contributed by atoms with Crippen molar-refractivity contribution >= 4 is 28.9 Å². The van der Waals surface area contributed by atoms with Gasteiger partial charge in [0.2, 0.25) is 11.9 Å². The number of thiophene rings is 1. The van der Waals surface area contributed by atoms with E-state index in [0.29, 0.717) is 24.0 Å². The van der Waals surface area contributed by atoms with E-state index in [9.17, 15) is 4.39 Å². The zero-order chi connectivity index (χ0) is 20.1. The maximum atomic E-state index is 13.1. The van der Waals surface area contributed by atoms with Crippen LogP contribution in [0, 0.1) is 5.82 Å². The normalized spacial score (nSPS) is 16.4. The zero-order valence-corrected chi connectivity index (χ0v) is 16.7. The fourth-order valence-corrected chi connectivity index (χ4v) is 4.06. The molecule has 0 bridgehead atoms. The third-order valence-electron chi connectivity index (χ3n) is 4.61. The van der Waals surface area contributed by atoms with Crippen molar-refractivity contribution in [3.05, 3.63) is 58.3 Å². The van der Waals surface area contributed by atoms with Crippen molar-refractivity contribution in [2.45, 2.75) is 32.0 Å². The van der Waals surface area contributed by atoms with Gasteiger partial charge >= 0.3 is 0 Å². The lowest BCUT2D eigenvalue weighted by molar-refractivity contribution is 0.0674. The molecule has 1 unspecified atom stereocenters. The molecule has 0 amide bonds. The highest BCUT2D eigenvalue weighted by molar-refractivity contribution is 7.09. The first-order valence-corrected chi connectivity index (χ1v) is 10.4. The van der Waals surface area contributed by atoms with Gasteiger partial charge in [0.25, 0.3) is 0 Å². The van der Waals surface area contributed by atoms with Crippen LogP contribution >= 0.6 is 11.3 Å². The molecule has 1 aliphatic rings. The molecular formula is C20H23FN6OS. The van der Waals surface area contributed by atoms with Crippen LogP contribution in [0.3, 0.4) is 0 Å². The van der Waals surface area contributed by atoms with Gasteiger partial charge in [-0.25, -0.2) is 4.39 Å². The number of ether oxygens (including phenoxy) is 1. The average molecular weight is 415 g/mol. The van der Waals surface area contributed by atoms with E-state index in [1.165, 1.54) is 17.0 Å². The molecule has 7 nitrogen and oxygen atoms in total. The minimum atomic E-state index is -0.301. The van der Waals surface area contributed by atoms with Gasteiger partial charge < -0.3 is 15.8 Å². The van der Waals surface area contributed by atoms with Crippen LogP contribution in [-0.2, 0) is 17.8 Å². The number of halogens is 1. The number of hydrogen-bond acceptors (Lipinski definition) is 8. The molecule has 1 aliphatic heterocycles. The van der Waals surface area contributed by atoms with E-state index in [-0.39, 0.29) is 17.9 Å². The summed E-state index contributed by atoms with van der Waals surface area (Å²) in [6, 6.07) is 10.2. The summed E-state index contributed by atoms with van der Waals surface area (Å²) in [4.78, 5) is 16.5. The summed E-state index contributed by atoms with van der Waals surface area (Å²) in [6.07, 6.45) is 2.39. The monoisotopic (exact) mass is 414 g/mol. The molecule has 152 valence electrons. The maximum Gasteiger partial charge on any atom is 0.232 e. The van der Waals surface area contributed by atoms with E-state index in [2.05, 4.69) is 42.7 Å². The molecule has 1 aromatic carbocycles. The average Bonchev–Trinajstić information content (AvgIpc) is 3.37. The zero-order valence-electron chi connectivity index (χ0n) is 15.9. The molecule has 1 fully saturated rings. The molecule has 1 atom stereocenters. The molecule has 3 N–H and O–H groups in total. The largest absolute Gasteiger partial charge is 0.377 e. The lowest BCUT2D eigenvalue weighted by Crippen LogP contribution is -2.32. The first-order chi connectivity index (χ1) is 14.1. The van der Waals surface area contributed by atoms with Gasteiger partial charge in [-0.3, -0.25) is 4.90 Å². The lowest BCUT2D eigenvalue weighted by atomic mass is 10.2. The number of nitrogens with two attached hydrogens (primary N) is 1. The van der Waals surface area contributed by atoms with E-state index in [4.69, 9.17) is 10.5 Å². The van der Waals surface area contributed by atoms with Crippen molar-refractivity contribution in [1.82, 2.24) is 19.9 Å². The van der Waals surface area contributed by atoms with Crippen molar-refractivity contribution in [2.75, 3.05) is 24.2 Å². The number of nitrogen functional groups attached to an aromatic ring is 1. The third-order valence-corrected chi connectivity index (χ3v) is 5.47. The summed E-state index contributed by atoms with van der Waals surface area (Å²) >= 11 is 1.73. The molecule has 0 saturated carbocycles. The highest BCUT2D eigenvalue weighted by Gasteiger charge is 2.21. The van der Waals surface area contributed by atoms with Crippen LogP contribution in [0.25, 0.3) is 0 Å². The Morgan fingerprint density at radius 2 is 2.03 bits per heavy atom. The summed E-state index contributed by atoms with van der Waals surface area (Å²) in [5, 5.41) is 5.13. The Kier molecular flexibility index (Phi) is 6.28. The number of nitrogens with one attached hydrogen (secondary N) is 1. The number of benzene rings is 1. The van der Waals surface area contributed by atoms with Crippen LogP contribution in [-0.4, -0.2) is 39.1 Å². The van der Waals surface area contributed by atoms with Gasteiger partial charge in [0.05, 0.1) is 12.6 Å². The lowest BCUT2D eigenvalue weighted by Gasteiger charge is -2.24. The summed E-state index contributed by atoms with van der Waals surface area (Å²) in [5.41, 5.74) is 6.59. The second-order valence-corrected chi connectivity index (χ2v) is 7.98. The summed E-state index contributed by atoms with van der Waals surface area (Å²) < 4.78 is 18.9. The molecule has 3 aromatic rings. The molecular weight excluding hydrogens is 391 g/mol. The van der Waals surface area contributed by atoms with Crippen LogP contribution < -0.4 is 11.1 Å². The summed E-state index contributed by atoms with van der Waals surface area (Å²) in [7, 11) is 0. The van der Waals surface area contributed by atoms with Crippen LogP contribution in [0.1, 0.15) is 23.5 Å².